The van der Waals surface area contributed by atoms with Gasteiger partial charge in [-0.25, -0.2) is 4.79 Å². The van der Waals surface area contributed by atoms with E-state index in [1.807, 2.05) is 0 Å². The Hall–Kier alpha value is -1.14. The summed E-state index contributed by atoms with van der Waals surface area (Å²) in [4.78, 5) is 23.8. The first-order chi connectivity index (χ1) is 8.01. The number of carboxylic acid groups (broad SMARTS) is 1. The van der Waals surface area contributed by atoms with E-state index < -0.39 is 12.0 Å². The highest BCUT2D eigenvalue weighted by atomic mass is 16.4. The van der Waals surface area contributed by atoms with Gasteiger partial charge >= 0.3 is 5.97 Å². The number of aliphatic carboxylic acids is 1. The number of rotatable bonds is 9. The molecule has 6 nitrogen and oxygen atoms in total. The predicted molar refractivity (Wildman–Crippen MR) is 65.9 cm³/mol. The number of hydrogen-bond donors (Lipinski definition) is 3. The SMILES string of the molecule is CCN(CC)CCNCC(NC(C)=O)C(=O)O. The van der Waals surface area contributed by atoms with Crippen molar-refractivity contribution >= 4 is 11.9 Å². The summed E-state index contributed by atoms with van der Waals surface area (Å²) >= 11 is 0. The fourth-order valence-electron chi connectivity index (χ4n) is 1.47. The van der Waals surface area contributed by atoms with Gasteiger partial charge in [-0.15, -0.1) is 0 Å². The van der Waals surface area contributed by atoms with Crippen LogP contribution in [0.2, 0.25) is 0 Å². The van der Waals surface area contributed by atoms with Gasteiger partial charge < -0.3 is 20.6 Å². The van der Waals surface area contributed by atoms with E-state index in [1.54, 1.807) is 0 Å². The lowest BCUT2D eigenvalue weighted by Gasteiger charge is -2.19. The molecule has 3 N–H and O–H groups in total. The van der Waals surface area contributed by atoms with Gasteiger partial charge in [0.2, 0.25) is 5.91 Å². The van der Waals surface area contributed by atoms with Crippen molar-refractivity contribution in [2.75, 3.05) is 32.7 Å². The molecule has 0 aliphatic heterocycles. The maximum atomic E-state index is 10.8. The van der Waals surface area contributed by atoms with Crippen LogP contribution >= 0.6 is 0 Å². The van der Waals surface area contributed by atoms with Gasteiger partial charge in [0.05, 0.1) is 0 Å². The second-order valence-electron chi connectivity index (χ2n) is 3.82. The van der Waals surface area contributed by atoms with Crippen molar-refractivity contribution in [3.63, 3.8) is 0 Å². The van der Waals surface area contributed by atoms with E-state index in [2.05, 4.69) is 29.4 Å². The van der Waals surface area contributed by atoms with Crippen LogP contribution in [-0.2, 0) is 9.59 Å². The summed E-state index contributed by atoms with van der Waals surface area (Å²) in [5.74, 6) is -1.35. The Labute approximate surface area is 102 Å². The monoisotopic (exact) mass is 245 g/mol. The fraction of sp³-hybridized carbons (Fsp3) is 0.818. The minimum Gasteiger partial charge on any atom is -0.480 e. The second-order valence-corrected chi connectivity index (χ2v) is 3.82. The summed E-state index contributed by atoms with van der Waals surface area (Å²) in [7, 11) is 0. The molecule has 6 heteroatoms. The van der Waals surface area contributed by atoms with Gasteiger partial charge in [0.25, 0.3) is 0 Å². The van der Waals surface area contributed by atoms with Crippen LogP contribution in [-0.4, -0.2) is 60.6 Å². The van der Waals surface area contributed by atoms with Gasteiger partial charge in [0.1, 0.15) is 6.04 Å². The number of nitrogens with zero attached hydrogens (tertiary/aromatic N) is 1. The molecule has 0 spiro atoms. The third kappa shape index (κ3) is 7.70. The Bertz CT molecular complexity index is 242. The standard InChI is InChI=1S/C11H23N3O3/c1-4-14(5-2)7-6-12-8-10(11(16)17)13-9(3)15/h10,12H,4-8H2,1-3H3,(H,13,15)(H,16,17). The van der Waals surface area contributed by atoms with Crippen molar-refractivity contribution in [1.29, 1.82) is 0 Å². The Morgan fingerprint density at radius 2 is 1.88 bits per heavy atom. The van der Waals surface area contributed by atoms with Gasteiger partial charge in [-0.05, 0) is 13.1 Å². The molecule has 0 saturated heterocycles. The molecule has 0 aromatic rings. The Kier molecular flexibility index (Phi) is 8.35. The lowest BCUT2D eigenvalue weighted by Crippen LogP contribution is -2.47. The topological polar surface area (TPSA) is 81.7 Å². The van der Waals surface area contributed by atoms with E-state index >= 15 is 0 Å². The summed E-state index contributed by atoms with van der Waals surface area (Å²) in [5, 5.41) is 14.3. The Balaban J connectivity index is 3.82. The molecule has 0 aliphatic rings. The number of hydrogen-bond acceptors (Lipinski definition) is 4. The molecule has 0 bridgehead atoms. The molecular weight excluding hydrogens is 222 g/mol. The third-order valence-corrected chi connectivity index (χ3v) is 2.52. The van der Waals surface area contributed by atoms with Crippen LogP contribution in [0.4, 0.5) is 0 Å². The van der Waals surface area contributed by atoms with Gasteiger partial charge in [-0.1, -0.05) is 13.8 Å². The average molecular weight is 245 g/mol. The first kappa shape index (κ1) is 15.9. The summed E-state index contributed by atoms with van der Waals surface area (Å²) in [5.41, 5.74) is 0. The maximum absolute atomic E-state index is 10.8. The van der Waals surface area contributed by atoms with E-state index in [9.17, 15) is 9.59 Å². The number of amides is 1. The van der Waals surface area contributed by atoms with Crippen LogP contribution in [0, 0.1) is 0 Å². The normalized spacial score (nSPS) is 12.5. The molecule has 0 aromatic carbocycles. The largest absolute Gasteiger partial charge is 0.480 e. The molecule has 0 aliphatic carbocycles. The highest BCUT2D eigenvalue weighted by molar-refractivity contribution is 5.82. The first-order valence-corrected chi connectivity index (χ1v) is 5.94. The van der Waals surface area contributed by atoms with E-state index in [4.69, 9.17) is 5.11 Å². The number of likely N-dealkylation sites (N-methyl/N-ethyl adjacent to an activating group) is 1. The summed E-state index contributed by atoms with van der Waals surface area (Å²) in [6.07, 6.45) is 0. The maximum Gasteiger partial charge on any atom is 0.327 e. The van der Waals surface area contributed by atoms with Crippen LogP contribution in [0.3, 0.4) is 0 Å². The highest BCUT2D eigenvalue weighted by Crippen LogP contribution is 1.86. The molecule has 0 saturated carbocycles. The lowest BCUT2D eigenvalue weighted by atomic mass is 10.3. The zero-order chi connectivity index (χ0) is 13.3. The average Bonchev–Trinajstić information content (AvgIpc) is 2.27. The van der Waals surface area contributed by atoms with E-state index in [-0.39, 0.29) is 12.5 Å². The Morgan fingerprint density at radius 1 is 1.29 bits per heavy atom. The zero-order valence-corrected chi connectivity index (χ0v) is 10.8. The minimum absolute atomic E-state index is 0.246. The second kappa shape index (κ2) is 8.95. The molecule has 1 atom stereocenters. The summed E-state index contributed by atoms with van der Waals surface area (Å²) in [6, 6.07) is -0.857. The molecular formula is C11H23N3O3. The van der Waals surface area contributed by atoms with E-state index in [0.717, 1.165) is 19.6 Å². The number of carbonyl (C=O) groups excluding carboxylic acids is 1. The zero-order valence-electron chi connectivity index (χ0n) is 10.8. The van der Waals surface area contributed by atoms with Gasteiger partial charge in [0.15, 0.2) is 0 Å². The molecule has 1 amide bonds. The first-order valence-electron chi connectivity index (χ1n) is 5.94. The van der Waals surface area contributed by atoms with Crippen LogP contribution in [0.5, 0.6) is 0 Å². The van der Waals surface area contributed by atoms with E-state index in [0.29, 0.717) is 6.54 Å². The number of carbonyl (C=O) groups is 2. The molecule has 1 unspecified atom stereocenters. The van der Waals surface area contributed by atoms with Crippen molar-refractivity contribution in [3.05, 3.63) is 0 Å². The predicted octanol–water partition coefficient (Wildman–Crippen LogP) is -0.493. The van der Waals surface area contributed by atoms with Crippen molar-refractivity contribution in [2.24, 2.45) is 0 Å². The van der Waals surface area contributed by atoms with Crippen LogP contribution in [0.1, 0.15) is 20.8 Å². The molecule has 0 radical (unpaired) electrons. The van der Waals surface area contributed by atoms with Crippen molar-refractivity contribution in [3.8, 4) is 0 Å². The third-order valence-electron chi connectivity index (χ3n) is 2.52. The molecule has 0 fully saturated rings. The lowest BCUT2D eigenvalue weighted by molar-refractivity contribution is -0.141. The quantitative estimate of drug-likeness (QED) is 0.477. The summed E-state index contributed by atoms with van der Waals surface area (Å²) < 4.78 is 0. The molecule has 0 heterocycles. The minimum atomic E-state index is -1.02. The van der Waals surface area contributed by atoms with Crippen LogP contribution < -0.4 is 10.6 Å². The molecule has 17 heavy (non-hydrogen) atoms. The smallest absolute Gasteiger partial charge is 0.327 e. The van der Waals surface area contributed by atoms with Crippen LogP contribution in [0.15, 0.2) is 0 Å². The van der Waals surface area contributed by atoms with E-state index in [1.165, 1.54) is 6.92 Å². The van der Waals surface area contributed by atoms with Crippen molar-refractivity contribution in [1.82, 2.24) is 15.5 Å². The van der Waals surface area contributed by atoms with Gasteiger partial charge in [-0.3, -0.25) is 4.79 Å². The van der Waals surface area contributed by atoms with Crippen molar-refractivity contribution in [2.45, 2.75) is 26.8 Å². The number of nitrogens with one attached hydrogen (secondary N) is 2. The summed E-state index contributed by atoms with van der Waals surface area (Å²) in [6.45, 7) is 9.27. The van der Waals surface area contributed by atoms with Crippen LogP contribution in [0.25, 0.3) is 0 Å². The van der Waals surface area contributed by atoms with Gasteiger partial charge in [0, 0.05) is 26.6 Å². The molecule has 0 rings (SSSR count). The van der Waals surface area contributed by atoms with Gasteiger partial charge in [-0.2, -0.15) is 0 Å². The fourth-order valence-corrected chi connectivity index (χ4v) is 1.47. The Morgan fingerprint density at radius 3 is 2.29 bits per heavy atom. The number of carboxylic acids is 1. The highest BCUT2D eigenvalue weighted by Gasteiger charge is 2.17. The van der Waals surface area contributed by atoms with Crippen molar-refractivity contribution < 1.29 is 14.7 Å². The molecule has 100 valence electrons. The molecule has 0 aromatic heterocycles.